The standard InChI is InChI=1S/C84H157NO8/c1-3-5-7-9-11-13-15-17-19-21-23-25-27-29-31-33-35-36-37-38-39-40-41-42-44-46-48-50-52-54-56-58-60-62-64-66-68-70-72-74-80(88)85-77(76-92-84-83(91)82(90)81(89)79(75-86)93-84)78(87)73-71-69-67-65-63-61-59-57-55-53-51-49-47-45-43-34-32-30-28-26-24-22-20-18-16-14-12-10-8-6-4-2/h5,7,11,13,17,19,23,25,71,73,77-79,81-84,86-87,89-91H,3-4,6,8-10,12,14-16,18,20-22,24,26-70,72,74-76H2,1-2H3,(H,85,88)/b7-5-,13-11-,19-17-,25-23-,73-71+. The zero-order valence-corrected chi connectivity index (χ0v) is 61.5. The smallest absolute Gasteiger partial charge is 0.220 e. The van der Waals surface area contributed by atoms with Gasteiger partial charge in [-0.05, 0) is 57.8 Å². The number of carbonyl (C=O) groups is 1. The summed E-state index contributed by atoms with van der Waals surface area (Å²) in [5.41, 5.74) is 0. The Morgan fingerprint density at radius 2 is 0.667 bits per heavy atom. The van der Waals surface area contributed by atoms with Crippen molar-refractivity contribution in [1.82, 2.24) is 5.32 Å². The van der Waals surface area contributed by atoms with Crippen molar-refractivity contribution in [1.29, 1.82) is 0 Å². The maximum atomic E-state index is 13.2. The van der Waals surface area contributed by atoms with Crippen molar-refractivity contribution in [3.8, 4) is 0 Å². The van der Waals surface area contributed by atoms with Gasteiger partial charge in [0.25, 0.3) is 0 Å². The molecular formula is C84H157NO8. The predicted octanol–water partition coefficient (Wildman–Crippen LogP) is 23.7. The molecule has 0 aromatic carbocycles. The molecule has 546 valence electrons. The van der Waals surface area contributed by atoms with Gasteiger partial charge in [-0.2, -0.15) is 0 Å². The van der Waals surface area contributed by atoms with E-state index < -0.39 is 49.5 Å². The number of rotatable bonds is 73. The summed E-state index contributed by atoms with van der Waals surface area (Å²) in [7, 11) is 0. The van der Waals surface area contributed by atoms with Crippen molar-refractivity contribution < 1.29 is 39.8 Å². The lowest BCUT2D eigenvalue weighted by molar-refractivity contribution is -0.302. The Bertz CT molecular complexity index is 1660. The first-order chi connectivity index (χ1) is 45.8. The number of unbranched alkanes of at least 4 members (excludes halogenated alkanes) is 55. The number of carbonyl (C=O) groups excluding carboxylic acids is 1. The van der Waals surface area contributed by atoms with Crippen LogP contribution in [-0.2, 0) is 14.3 Å². The van der Waals surface area contributed by atoms with Crippen LogP contribution in [0.1, 0.15) is 412 Å². The lowest BCUT2D eigenvalue weighted by atomic mass is 9.99. The lowest BCUT2D eigenvalue weighted by Gasteiger charge is -2.40. The van der Waals surface area contributed by atoms with E-state index in [0.29, 0.717) is 6.42 Å². The van der Waals surface area contributed by atoms with Crippen LogP contribution in [0.4, 0.5) is 0 Å². The number of aliphatic hydroxyl groups is 5. The largest absolute Gasteiger partial charge is 0.394 e. The van der Waals surface area contributed by atoms with Gasteiger partial charge in [0.05, 0.1) is 25.4 Å². The van der Waals surface area contributed by atoms with Gasteiger partial charge in [0.1, 0.15) is 24.4 Å². The maximum Gasteiger partial charge on any atom is 0.220 e. The number of ether oxygens (including phenoxy) is 2. The number of hydrogen-bond donors (Lipinski definition) is 6. The summed E-state index contributed by atoms with van der Waals surface area (Å²) >= 11 is 0. The quantitative estimate of drug-likeness (QED) is 0.0261. The van der Waals surface area contributed by atoms with Gasteiger partial charge in [0.2, 0.25) is 5.91 Å². The van der Waals surface area contributed by atoms with E-state index in [1.807, 2.05) is 6.08 Å². The first-order valence-electron chi connectivity index (χ1n) is 41.0. The molecule has 1 amide bonds. The number of nitrogens with one attached hydrogen (secondary N) is 1. The Balaban J connectivity index is 2.04. The highest BCUT2D eigenvalue weighted by atomic mass is 16.7. The predicted molar refractivity (Wildman–Crippen MR) is 401 cm³/mol. The molecule has 0 aromatic rings. The molecule has 7 atom stereocenters. The number of amides is 1. The van der Waals surface area contributed by atoms with Crippen molar-refractivity contribution in [2.24, 2.45) is 0 Å². The van der Waals surface area contributed by atoms with Crippen molar-refractivity contribution in [3.05, 3.63) is 60.8 Å². The van der Waals surface area contributed by atoms with E-state index in [2.05, 4.69) is 67.8 Å². The Morgan fingerprint density at radius 1 is 0.376 bits per heavy atom. The molecule has 1 heterocycles. The van der Waals surface area contributed by atoms with Crippen LogP contribution in [0.25, 0.3) is 0 Å². The first kappa shape index (κ1) is 88.9. The highest BCUT2D eigenvalue weighted by molar-refractivity contribution is 5.76. The topological polar surface area (TPSA) is 149 Å². The number of allylic oxidation sites excluding steroid dienone is 9. The molecule has 0 saturated carbocycles. The second kappa shape index (κ2) is 72.6. The zero-order chi connectivity index (χ0) is 67.1. The molecule has 0 bridgehead atoms. The third kappa shape index (κ3) is 60.8. The summed E-state index contributed by atoms with van der Waals surface area (Å²) in [5, 5.41) is 55.0. The van der Waals surface area contributed by atoms with Gasteiger partial charge < -0.3 is 40.3 Å². The minimum absolute atomic E-state index is 0.168. The second-order valence-corrected chi connectivity index (χ2v) is 28.5. The third-order valence-corrected chi connectivity index (χ3v) is 19.6. The molecule has 0 radical (unpaired) electrons. The van der Waals surface area contributed by atoms with Gasteiger partial charge >= 0.3 is 0 Å². The van der Waals surface area contributed by atoms with Crippen LogP contribution < -0.4 is 5.32 Å². The molecule has 0 spiro atoms. The van der Waals surface area contributed by atoms with Crippen LogP contribution >= 0.6 is 0 Å². The van der Waals surface area contributed by atoms with E-state index in [1.165, 1.54) is 327 Å². The van der Waals surface area contributed by atoms with Crippen LogP contribution in [0, 0.1) is 0 Å². The van der Waals surface area contributed by atoms with Gasteiger partial charge in [-0.15, -0.1) is 0 Å². The summed E-state index contributed by atoms with van der Waals surface area (Å²) in [6, 6.07) is -0.806. The van der Waals surface area contributed by atoms with Crippen LogP contribution in [0.2, 0.25) is 0 Å². The van der Waals surface area contributed by atoms with Crippen LogP contribution in [0.5, 0.6) is 0 Å². The fourth-order valence-electron chi connectivity index (χ4n) is 13.3. The molecule has 9 nitrogen and oxygen atoms in total. The summed E-state index contributed by atoms with van der Waals surface area (Å²) in [4.78, 5) is 13.2. The highest BCUT2D eigenvalue weighted by Crippen LogP contribution is 2.24. The van der Waals surface area contributed by atoms with E-state index in [-0.39, 0.29) is 12.5 Å². The van der Waals surface area contributed by atoms with Crippen molar-refractivity contribution in [3.63, 3.8) is 0 Å². The molecule has 0 aliphatic carbocycles. The van der Waals surface area contributed by atoms with Crippen molar-refractivity contribution in [2.45, 2.75) is 455 Å². The Hall–Kier alpha value is -2.11. The average Bonchev–Trinajstić information content (AvgIpc) is 1.02. The zero-order valence-electron chi connectivity index (χ0n) is 61.5. The number of hydrogen-bond acceptors (Lipinski definition) is 8. The van der Waals surface area contributed by atoms with E-state index >= 15 is 0 Å². The summed E-state index contributed by atoms with van der Waals surface area (Å²) in [6.45, 7) is 3.73. The molecule has 1 rings (SSSR count). The van der Waals surface area contributed by atoms with E-state index in [4.69, 9.17) is 9.47 Å². The van der Waals surface area contributed by atoms with Gasteiger partial charge in [0, 0.05) is 6.42 Å². The monoisotopic (exact) mass is 1310 g/mol. The Labute approximate surface area is 576 Å². The second-order valence-electron chi connectivity index (χ2n) is 28.5. The van der Waals surface area contributed by atoms with Crippen molar-refractivity contribution >= 4 is 5.91 Å². The van der Waals surface area contributed by atoms with Gasteiger partial charge in [-0.3, -0.25) is 4.79 Å². The molecule has 1 aliphatic heterocycles. The van der Waals surface area contributed by atoms with Gasteiger partial charge in [-0.25, -0.2) is 0 Å². The maximum absolute atomic E-state index is 13.2. The minimum atomic E-state index is -1.57. The van der Waals surface area contributed by atoms with E-state index in [0.717, 1.165) is 64.2 Å². The van der Waals surface area contributed by atoms with Crippen molar-refractivity contribution in [2.75, 3.05) is 13.2 Å². The molecule has 6 N–H and O–H groups in total. The minimum Gasteiger partial charge on any atom is -0.394 e. The lowest BCUT2D eigenvalue weighted by Crippen LogP contribution is -2.60. The molecule has 1 saturated heterocycles. The fraction of sp³-hybridized carbons (Fsp3) is 0.869. The fourth-order valence-corrected chi connectivity index (χ4v) is 13.3. The Morgan fingerprint density at radius 3 is 0.989 bits per heavy atom. The van der Waals surface area contributed by atoms with Gasteiger partial charge in [0.15, 0.2) is 6.29 Å². The molecule has 0 aromatic heterocycles. The molecule has 7 unspecified atom stereocenters. The summed E-state index contributed by atoms with van der Waals surface area (Å²) in [5.74, 6) is -0.168. The van der Waals surface area contributed by atoms with E-state index in [9.17, 15) is 30.3 Å². The third-order valence-electron chi connectivity index (χ3n) is 19.6. The number of aliphatic hydroxyl groups excluding tert-OH is 5. The SMILES string of the molecule is CC/C=C\C/C=C\C/C=C\C/C=C\CCCCCCCCCCCCCCCCCCCCCCCCCCCCC(=O)NC(COC1OC(CO)C(O)C(O)C1O)C(O)/C=C/CCCCCCCCCCCCCCCCCCCCCCCCCCCCCCC. The Kier molecular flexibility index (Phi) is 69.4. The highest BCUT2D eigenvalue weighted by Gasteiger charge is 2.44. The molecule has 9 heteroatoms. The van der Waals surface area contributed by atoms with Crippen LogP contribution in [0.15, 0.2) is 60.8 Å². The summed E-state index contributed by atoms with van der Waals surface area (Å²) < 4.78 is 11.4. The van der Waals surface area contributed by atoms with Crippen LogP contribution in [-0.4, -0.2) is 87.5 Å². The first-order valence-corrected chi connectivity index (χ1v) is 41.0. The molecular weight excluding hydrogens is 1150 g/mol. The normalized spacial score (nSPS) is 17.9. The molecule has 1 aliphatic rings. The molecule has 93 heavy (non-hydrogen) atoms. The molecule has 1 fully saturated rings. The average molecular weight is 1310 g/mol. The summed E-state index contributed by atoms with van der Waals surface area (Å²) in [6.07, 6.45) is 95.3. The van der Waals surface area contributed by atoms with Crippen LogP contribution in [0.3, 0.4) is 0 Å². The van der Waals surface area contributed by atoms with Gasteiger partial charge in [-0.1, -0.05) is 408 Å². The van der Waals surface area contributed by atoms with E-state index in [1.54, 1.807) is 6.08 Å².